The lowest BCUT2D eigenvalue weighted by Gasteiger charge is -2.18. The van der Waals surface area contributed by atoms with E-state index in [4.69, 9.17) is 0 Å². The highest BCUT2D eigenvalue weighted by molar-refractivity contribution is 7.98. The summed E-state index contributed by atoms with van der Waals surface area (Å²) in [5.74, 6) is 0.731. The summed E-state index contributed by atoms with van der Waals surface area (Å²) in [5.41, 5.74) is 2.14. The fraction of sp³-hybridized carbons (Fsp3) is 0.389. The second-order valence-corrected chi connectivity index (χ2v) is 6.75. The van der Waals surface area contributed by atoms with Crippen LogP contribution >= 0.6 is 11.8 Å². The van der Waals surface area contributed by atoms with Crippen molar-refractivity contribution < 1.29 is 9.18 Å². The fourth-order valence-corrected chi connectivity index (χ4v) is 2.87. The number of nitrogens with one attached hydrogen (secondary N) is 2. The summed E-state index contributed by atoms with van der Waals surface area (Å²) in [6.45, 7) is 3.92. The maximum atomic E-state index is 13.7. The number of anilines is 1. The molecule has 0 radical (unpaired) electrons. The zero-order valence-electron chi connectivity index (χ0n) is 14.7. The van der Waals surface area contributed by atoms with E-state index in [-0.39, 0.29) is 18.3 Å². The Balaban J connectivity index is 2.04. The lowest BCUT2D eigenvalue weighted by Crippen LogP contribution is -2.40. The van der Waals surface area contributed by atoms with Gasteiger partial charge in [-0.05, 0) is 44.4 Å². The number of carbonyl (C=O) groups is 1. The van der Waals surface area contributed by atoms with Crippen LogP contribution in [0.5, 0.6) is 0 Å². The zero-order valence-corrected chi connectivity index (χ0v) is 15.5. The summed E-state index contributed by atoms with van der Waals surface area (Å²) in [4.78, 5) is 21.2. The largest absolute Gasteiger partial charge is 0.350 e. The van der Waals surface area contributed by atoms with Crippen molar-refractivity contribution in [2.45, 2.75) is 32.9 Å². The molecular weight excluding hydrogens is 339 g/mol. The maximum absolute atomic E-state index is 13.7. The van der Waals surface area contributed by atoms with E-state index >= 15 is 0 Å². The number of aryl methyl sites for hydroxylation is 2. The van der Waals surface area contributed by atoms with Crippen LogP contribution < -0.4 is 10.6 Å². The Kier molecular flexibility index (Phi) is 7.18. The van der Waals surface area contributed by atoms with Crippen molar-refractivity contribution in [3.05, 3.63) is 53.1 Å². The number of carbonyl (C=O) groups excluding carboxylic acids is 1. The van der Waals surface area contributed by atoms with Gasteiger partial charge in [0, 0.05) is 23.5 Å². The average Bonchev–Trinajstić information content (AvgIpc) is 2.56. The van der Waals surface area contributed by atoms with Crippen molar-refractivity contribution in [1.82, 2.24) is 15.3 Å². The monoisotopic (exact) mass is 362 g/mol. The zero-order chi connectivity index (χ0) is 18.2. The third-order valence-electron chi connectivity index (χ3n) is 3.62. The van der Waals surface area contributed by atoms with Crippen LogP contribution in [-0.4, -0.2) is 33.9 Å². The molecule has 2 rings (SSSR count). The van der Waals surface area contributed by atoms with Gasteiger partial charge in [-0.25, -0.2) is 14.4 Å². The SMILES string of the molecule is CSCC[C@@H](Nc1nc(C)cc(C)n1)C(=O)NCc1ccccc1F. The van der Waals surface area contributed by atoms with Crippen LogP contribution in [-0.2, 0) is 11.3 Å². The molecule has 134 valence electrons. The van der Waals surface area contributed by atoms with Crippen molar-refractivity contribution in [1.29, 1.82) is 0 Å². The predicted octanol–water partition coefficient (Wildman–Crippen LogP) is 3.08. The van der Waals surface area contributed by atoms with Crippen molar-refractivity contribution in [2.75, 3.05) is 17.3 Å². The highest BCUT2D eigenvalue weighted by atomic mass is 32.2. The van der Waals surface area contributed by atoms with Crippen molar-refractivity contribution in [2.24, 2.45) is 0 Å². The van der Waals surface area contributed by atoms with E-state index in [1.807, 2.05) is 26.2 Å². The highest BCUT2D eigenvalue weighted by Crippen LogP contribution is 2.11. The molecular formula is C18H23FN4OS. The Morgan fingerprint density at radius 1 is 1.24 bits per heavy atom. The maximum Gasteiger partial charge on any atom is 0.242 e. The second-order valence-electron chi connectivity index (χ2n) is 5.76. The standard InChI is InChI=1S/C18H23FN4OS/c1-12-10-13(2)22-18(21-12)23-16(8-9-25-3)17(24)20-11-14-6-4-5-7-15(14)19/h4-7,10,16H,8-9,11H2,1-3H3,(H,20,24)(H,21,22,23)/t16-/m1/s1. The Bertz CT molecular complexity index is 706. The van der Waals surface area contributed by atoms with E-state index in [0.717, 1.165) is 17.1 Å². The molecule has 1 atom stereocenters. The molecule has 1 aromatic heterocycles. The molecule has 0 fully saturated rings. The number of hydrogen-bond donors (Lipinski definition) is 2. The normalized spacial score (nSPS) is 11.8. The van der Waals surface area contributed by atoms with Gasteiger partial charge in [0.1, 0.15) is 11.9 Å². The minimum absolute atomic E-state index is 0.149. The Morgan fingerprint density at radius 2 is 1.92 bits per heavy atom. The summed E-state index contributed by atoms with van der Waals surface area (Å²) in [6, 6.07) is 7.82. The number of nitrogens with zero attached hydrogens (tertiary/aromatic N) is 2. The number of aromatic nitrogens is 2. The van der Waals surface area contributed by atoms with Gasteiger partial charge in [0.2, 0.25) is 11.9 Å². The second kappa shape index (κ2) is 9.36. The van der Waals surface area contributed by atoms with Gasteiger partial charge in [-0.3, -0.25) is 4.79 Å². The van der Waals surface area contributed by atoms with Crippen LogP contribution in [0, 0.1) is 19.7 Å². The lowest BCUT2D eigenvalue weighted by atomic mass is 10.2. The van der Waals surface area contributed by atoms with E-state index in [2.05, 4.69) is 20.6 Å². The summed E-state index contributed by atoms with van der Waals surface area (Å²) in [6.07, 6.45) is 2.61. The minimum atomic E-state index is -0.472. The molecule has 1 heterocycles. The third kappa shape index (κ3) is 6.01. The van der Waals surface area contributed by atoms with Gasteiger partial charge in [-0.1, -0.05) is 18.2 Å². The molecule has 2 aromatic rings. The summed E-state index contributed by atoms with van der Waals surface area (Å²) in [7, 11) is 0. The molecule has 1 amide bonds. The molecule has 0 saturated carbocycles. The topological polar surface area (TPSA) is 66.9 Å². The van der Waals surface area contributed by atoms with E-state index in [1.165, 1.54) is 6.07 Å². The number of rotatable bonds is 8. The van der Waals surface area contributed by atoms with E-state index in [9.17, 15) is 9.18 Å². The van der Waals surface area contributed by atoms with Gasteiger partial charge >= 0.3 is 0 Å². The molecule has 7 heteroatoms. The van der Waals surface area contributed by atoms with Crippen LogP contribution in [0.1, 0.15) is 23.4 Å². The Morgan fingerprint density at radius 3 is 2.56 bits per heavy atom. The molecule has 0 aliphatic rings. The van der Waals surface area contributed by atoms with E-state index in [1.54, 1.807) is 30.0 Å². The smallest absolute Gasteiger partial charge is 0.242 e. The first-order valence-corrected chi connectivity index (χ1v) is 9.48. The first-order chi connectivity index (χ1) is 12.0. The molecule has 0 spiro atoms. The molecule has 0 unspecified atom stereocenters. The summed E-state index contributed by atoms with van der Waals surface area (Å²) >= 11 is 1.66. The summed E-state index contributed by atoms with van der Waals surface area (Å²) in [5, 5.41) is 5.90. The van der Waals surface area contributed by atoms with Gasteiger partial charge in [0.15, 0.2) is 0 Å². The number of halogens is 1. The van der Waals surface area contributed by atoms with Crippen molar-refractivity contribution in [3.63, 3.8) is 0 Å². The van der Waals surface area contributed by atoms with Gasteiger partial charge in [-0.2, -0.15) is 11.8 Å². The van der Waals surface area contributed by atoms with Crippen LogP contribution in [0.3, 0.4) is 0 Å². The molecule has 5 nitrogen and oxygen atoms in total. The number of thioether (sulfide) groups is 1. The summed E-state index contributed by atoms with van der Waals surface area (Å²) < 4.78 is 13.7. The molecule has 0 aliphatic heterocycles. The van der Waals surface area contributed by atoms with Crippen LogP contribution in [0.4, 0.5) is 10.3 Å². The first-order valence-electron chi connectivity index (χ1n) is 8.08. The van der Waals surface area contributed by atoms with E-state index in [0.29, 0.717) is 17.9 Å². The quantitative estimate of drug-likeness (QED) is 0.755. The van der Waals surface area contributed by atoms with Crippen LogP contribution in [0.2, 0.25) is 0 Å². The number of hydrogen-bond acceptors (Lipinski definition) is 5. The van der Waals surface area contributed by atoms with Gasteiger partial charge in [0.05, 0.1) is 0 Å². The molecule has 0 saturated heterocycles. The molecule has 1 aromatic carbocycles. The van der Waals surface area contributed by atoms with Crippen molar-refractivity contribution >= 4 is 23.6 Å². The van der Waals surface area contributed by atoms with Gasteiger partial charge < -0.3 is 10.6 Å². The highest BCUT2D eigenvalue weighted by Gasteiger charge is 2.19. The minimum Gasteiger partial charge on any atom is -0.350 e. The van der Waals surface area contributed by atoms with Gasteiger partial charge in [0.25, 0.3) is 0 Å². The van der Waals surface area contributed by atoms with Crippen molar-refractivity contribution in [3.8, 4) is 0 Å². The first kappa shape index (κ1) is 19.2. The molecule has 0 bridgehead atoms. The van der Waals surface area contributed by atoms with Crippen LogP contribution in [0.25, 0.3) is 0 Å². The number of amides is 1. The fourth-order valence-electron chi connectivity index (χ4n) is 2.40. The number of benzene rings is 1. The predicted molar refractivity (Wildman–Crippen MR) is 100 cm³/mol. The Labute approximate surface area is 151 Å². The molecule has 25 heavy (non-hydrogen) atoms. The third-order valence-corrected chi connectivity index (χ3v) is 4.27. The van der Waals surface area contributed by atoms with Gasteiger partial charge in [-0.15, -0.1) is 0 Å². The lowest BCUT2D eigenvalue weighted by molar-refractivity contribution is -0.122. The van der Waals surface area contributed by atoms with Crippen LogP contribution in [0.15, 0.2) is 30.3 Å². The average molecular weight is 362 g/mol. The Hall–Kier alpha value is -2.15. The molecule has 0 aliphatic carbocycles. The van der Waals surface area contributed by atoms with E-state index < -0.39 is 6.04 Å². The molecule has 2 N–H and O–H groups in total.